The molecule has 2 heteroatoms. The first-order chi connectivity index (χ1) is 6.09. The lowest BCUT2D eigenvalue weighted by atomic mass is 10.3. The van der Waals surface area contributed by atoms with Crippen LogP contribution in [0, 0.1) is 0 Å². The molecule has 0 N–H and O–H groups in total. The molecule has 1 heterocycles. The van der Waals surface area contributed by atoms with E-state index in [1.165, 1.54) is 11.6 Å². The number of allylic oxidation sites excluding steroid dienone is 2. The Morgan fingerprint density at radius 3 is 2.69 bits per heavy atom. The van der Waals surface area contributed by atoms with Crippen molar-refractivity contribution in [2.75, 3.05) is 0 Å². The van der Waals surface area contributed by atoms with Crippen molar-refractivity contribution in [2.45, 2.75) is 13.8 Å². The Kier molecular flexibility index (Phi) is 2.85. The molecule has 0 spiro atoms. The van der Waals surface area contributed by atoms with Crippen LogP contribution < -0.4 is 16.3 Å². The van der Waals surface area contributed by atoms with E-state index >= 15 is 0 Å². The van der Waals surface area contributed by atoms with Gasteiger partial charge in [-0.25, -0.2) is 4.79 Å². The summed E-state index contributed by atoms with van der Waals surface area (Å²) >= 11 is 0. The highest BCUT2D eigenvalue weighted by atomic mass is 16.4. The highest BCUT2D eigenvalue weighted by Crippen LogP contribution is 1.86. The van der Waals surface area contributed by atoms with Crippen molar-refractivity contribution >= 4 is 12.7 Å². The molecule has 68 valence electrons. The van der Waals surface area contributed by atoms with Crippen molar-refractivity contribution in [3.05, 3.63) is 44.8 Å². The Morgan fingerprint density at radius 2 is 2.15 bits per heavy atom. The van der Waals surface area contributed by atoms with E-state index in [2.05, 4.69) is 6.58 Å². The van der Waals surface area contributed by atoms with Crippen molar-refractivity contribution in [3.63, 3.8) is 0 Å². The molecule has 0 aromatic carbocycles. The molecule has 1 aromatic heterocycles. The molecule has 1 rings (SSSR count). The first kappa shape index (κ1) is 9.52. The fourth-order valence-electron chi connectivity index (χ4n) is 0.870. The Bertz CT molecular complexity index is 474. The summed E-state index contributed by atoms with van der Waals surface area (Å²) in [5.74, 6) is 0. The lowest BCUT2D eigenvalue weighted by Crippen LogP contribution is -2.26. The minimum absolute atomic E-state index is 0.362. The van der Waals surface area contributed by atoms with Gasteiger partial charge in [0.15, 0.2) is 0 Å². The molecular weight excluding hydrogens is 164 g/mol. The minimum atomic E-state index is -0.362. The van der Waals surface area contributed by atoms with Crippen LogP contribution in [0.4, 0.5) is 0 Å². The molecule has 0 amide bonds. The largest absolute Gasteiger partial charge is 0.423 e. The summed E-state index contributed by atoms with van der Waals surface area (Å²) in [7, 11) is 0. The average molecular weight is 176 g/mol. The molecule has 0 fully saturated rings. The second-order valence-corrected chi connectivity index (χ2v) is 3.04. The molecular formula is C11H12O2. The summed E-state index contributed by atoms with van der Waals surface area (Å²) in [6, 6.07) is 3.09. The third-order valence-electron chi connectivity index (χ3n) is 1.54. The van der Waals surface area contributed by atoms with Crippen LogP contribution in [0.25, 0.3) is 12.7 Å². The van der Waals surface area contributed by atoms with Crippen LogP contribution in [-0.4, -0.2) is 0 Å². The molecule has 0 aliphatic rings. The zero-order valence-electron chi connectivity index (χ0n) is 7.83. The predicted octanol–water partition coefficient (Wildman–Crippen LogP) is 0.797. The van der Waals surface area contributed by atoms with Gasteiger partial charge in [0.05, 0.1) is 0 Å². The maximum Gasteiger partial charge on any atom is 0.336 e. The Balaban J connectivity index is 3.33. The van der Waals surface area contributed by atoms with E-state index in [4.69, 9.17) is 4.42 Å². The van der Waals surface area contributed by atoms with Crippen molar-refractivity contribution in [1.82, 2.24) is 0 Å². The van der Waals surface area contributed by atoms with Crippen molar-refractivity contribution in [1.29, 1.82) is 0 Å². The fourth-order valence-corrected chi connectivity index (χ4v) is 0.870. The summed E-state index contributed by atoms with van der Waals surface area (Å²) in [5, 5.41) is 0.834. The summed E-state index contributed by atoms with van der Waals surface area (Å²) < 4.78 is 4.81. The van der Waals surface area contributed by atoms with Crippen molar-refractivity contribution in [2.24, 2.45) is 0 Å². The van der Waals surface area contributed by atoms with Gasteiger partial charge in [-0.3, -0.25) is 0 Å². The number of hydrogen-bond donors (Lipinski definition) is 0. The Hall–Kier alpha value is -1.57. The van der Waals surface area contributed by atoms with Gasteiger partial charge in [-0.1, -0.05) is 24.3 Å². The van der Waals surface area contributed by atoms with Gasteiger partial charge in [-0.2, -0.15) is 0 Å². The van der Waals surface area contributed by atoms with Gasteiger partial charge in [0.1, 0.15) is 5.42 Å². The van der Waals surface area contributed by atoms with Crippen LogP contribution in [-0.2, 0) is 0 Å². The second-order valence-electron chi connectivity index (χ2n) is 3.04. The standard InChI is InChI=1S/C11H12O2/c1-8(2)4-5-10-6-7-11(12)13-9(10)3/h4-7H,3H2,1-2H3/b10-5-. The normalized spacial score (nSPS) is 11.4. The van der Waals surface area contributed by atoms with Crippen LogP contribution in [0.1, 0.15) is 13.8 Å². The lowest BCUT2D eigenvalue weighted by molar-refractivity contribution is 0.475. The third kappa shape index (κ3) is 2.75. The van der Waals surface area contributed by atoms with Crippen LogP contribution >= 0.6 is 0 Å². The maximum absolute atomic E-state index is 10.7. The van der Waals surface area contributed by atoms with Crippen molar-refractivity contribution < 1.29 is 4.42 Å². The van der Waals surface area contributed by atoms with E-state index in [0.29, 0.717) is 5.42 Å². The first-order valence-corrected chi connectivity index (χ1v) is 4.04. The van der Waals surface area contributed by atoms with Gasteiger partial charge < -0.3 is 4.42 Å². The highest BCUT2D eigenvalue weighted by Gasteiger charge is 1.85. The summed E-state index contributed by atoms with van der Waals surface area (Å²) in [4.78, 5) is 10.7. The minimum Gasteiger partial charge on any atom is -0.423 e. The van der Waals surface area contributed by atoms with Gasteiger partial charge in [0.25, 0.3) is 0 Å². The molecule has 0 aliphatic heterocycles. The zero-order chi connectivity index (χ0) is 9.84. The molecule has 0 atom stereocenters. The second kappa shape index (κ2) is 3.90. The molecule has 0 saturated carbocycles. The van der Waals surface area contributed by atoms with Gasteiger partial charge in [0.2, 0.25) is 0 Å². The topological polar surface area (TPSA) is 30.2 Å². The van der Waals surface area contributed by atoms with E-state index in [-0.39, 0.29) is 5.63 Å². The smallest absolute Gasteiger partial charge is 0.336 e. The molecule has 2 nitrogen and oxygen atoms in total. The van der Waals surface area contributed by atoms with Gasteiger partial charge in [0, 0.05) is 11.3 Å². The molecule has 0 bridgehead atoms. The van der Waals surface area contributed by atoms with E-state index in [0.717, 1.165) is 5.22 Å². The van der Waals surface area contributed by atoms with Crippen LogP contribution in [0.15, 0.2) is 33.0 Å². The summed E-state index contributed by atoms with van der Waals surface area (Å²) in [6.45, 7) is 7.63. The van der Waals surface area contributed by atoms with Gasteiger partial charge >= 0.3 is 5.63 Å². The molecule has 0 aliphatic carbocycles. The molecule has 0 radical (unpaired) electrons. The van der Waals surface area contributed by atoms with E-state index < -0.39 is 0 Å². The van der Waals surface area contributed by atoms with Crippen molar-refractivity contribution in [3.8, 4) is 0 Å². The van der Waals surface area contributed by atoms with Gasteiger partial charge in [-0.05, 0) is 19.9 Å². The summed E-state index contributed by atoms with van der Waals surface area (Å²) in [6.07, 6.45) is 3.82. The third-order valence-corrected chi connectivity index (χ3v) is 1.54. The number of hydrogen-bond acceptors (Lipinski definition) is 2. The van der Waals surface area contributed by atoms with E-state index in [9.17, 15) is 4.79 Å². The van der Waals surface area contributed by atoms with E-state index in [1.54, 1.807) is 6.07 Å². The van der Waals surface area contributed by atoms with E-state index in [1.807, 2.05) is 26.0 Å². The molecule has 13 heavy (non-hydrogen) atoms. The highest BCUT2D eigenvalue weighted by molar-refractivity contribution is 5.37. The lowest BCUT2D eigenvalue weighted by Gasteiger charge is -1.86. The molecule has 0 saturated heterocycles. The van der Waals surface area contributed by atoms with Crippen LogP contribution in [0.5, 0.6) is 0 Å². The van der Waals surface area contributed by atoms with Gasteiger partial charge in [-0.15, -0.1) is 0 Å². The summed E-state index contributed by atoms with van der Waals surface area (Å²) in [5.41, 5.74) is 1.23. The zero-order valence-corrected chi connectivity index (χ0v) is 7.83. The maximum atomic E-state index is 10.7. The molecule has 0 unspecified atom stereocenters. The molecule has 1 aromatic rings. The average Bonchev–Trinajstić information content (AvgIpc) is 2.02. The monoisotopic (exact) mass is 176 g/mol. The predicted molar refractivity (Wildman–Crippen MR) is 53.6 cm³/mol. The Labute approximate surface area is 76.5 Å². The Morgan fingerprint density at radius 1 is 1.46 bits per heavy atom. The number of rotatable bonds is 1. The first-order valence-electron chi connectivity index (χ1n) is 4.04. The fraction of sp³-hybridized carbons (Fsp3) is 0.182. The SMILES string of the molecule is C=c1oc(=O)cc/c1=C/C=C(C)C. The van der Waals surface area contributed by atoms with Crippen LogP contribution in [0.3, 0.4) is 0 Å². The quantitative estimate of drug-likeness (QED) is 0.633. The van der Waals surface area contributed by atoms with Crippen LogP contribution in [0.2, 0.25) is 0 Å².